The van der Waals surface area contributed by atoms with Crippen molar-refractivity contribution in [3.05, 3.63) is 77.9 Å². The highest BCUT2D eigenvalue weighted by Crippen LogP contribution is 2.11. The monoisotopic (exact) mass is 266 g/mol. The van der Waals surface area contributed by atoms with Crippen molar-refractivity contribution in [2.45, 2.75) is 13.8 Å². The second-order valence-electron chi connectivity index (χ2n) is 4.18. The minimum atomic E-state index is 0.901. The summed E-state index contributed by atoms with van der Waals surface area (Å²) in [7, 11) is 1.67. The van der Waals surface area contributed by atoms with Crippen molar-refractivity contribution < 1.29 is 4.74 Å². The van der Waals surface area contributed by atoms with E-state index in [4.69, 9.17) is 4.74 Å². The smallest absolute Gasteiger partial charge is 0.118 e. The molecule has 0 aromatic heterocycles. The molecule has 0 spiro atoms. The van der Waals surface area contributed by atoms with Crippen LogP contribution in [0, 0.1) is 0 Å². The van der Waals surface area contributed by atoms with Crippen LogP contribution in [0.3, 0.4) is 0 Å². The van der Waals surface area contributed by atoms with Crippen LogP contribution < -0.4 is 4.74 Å². The third kappa shape index (κ3) is 6.05. The number of hydrogen-bond acceptors (Lipinski definition) is 1. The largest absolute Gasteiger partial charge is 0.497 e. The average Bonchev–Trinajstić information content (AvgIpc) is 2.50. The summed E-state index contributed by atoms with van der Waals surface area (Å²) in [4.78, 5) is 0. The van der Waals surface area contributed by atoms with E-state index in [1.54, 1.807) is 7.11 Å². The molecule has 0 unspecified atom stereocenters. The summed E-state index contributed by atoms with van der Waals surface area (Å²) >= 11 is 0. The molecule has 0 saturated heterocycles. The second-order valence-corrected chi connectivity index (χ2v) is 4.18. The van der Waals surface area contributed by atoms with E-state index in [1.807, 2.05) is 68.5 Å². The maximum Gasteiger partial charge on any atom is 0.118 e. The highest BCUT2D eigenvalue weighted by molar-refractivity contribution is 5.50. The molecule has 0 aliphatic carbocycles. The molecular weight excluding hydrogens is 244 g/mol. The van der Waals surface area contributed by atoms with Gasteiger partial charge in [-0.15, -0.1) is 0 Å². The van der Waals surface area contributed by atoms with Crippen LogP contribution in [0.1, 0.15) is 25.0 Å². The van der Waals surface area contributed by atoms with Gasteiger partial charge < -0.3 is 4.74 Å². The van der Waals surface area contributed by atoms with Crippen molar-refractivity contribution in [3.8, 4) is 5.75 Å². The lowest BCUT2D eigenvalue weighted by Crippen LogP contribution is -1.80. The van der Waals surface area contributed by atoms with E-state index < -0.39 is 0 Å². The summed E-state index contributed by atoms with van der Waals surface area (Å²) in [6.07, 6.45) is 8.19. The van der Waals surface area contributed by atoms with Gasteiger partial charge in [0.2, 0.25) is 0 Å². The minimum absolute atomic E-state index is 0.901. The third-order valence-electron chi connectivity index (χ3n) is 2.63. The molecule has 0 amide bonds. The van der Waals surface area contributed by atoms with Crippen LogP contribution in [-0.2, 0) is 0 Å². The highest BCUT2D eigenvalue weighted by Gasteiger charge is 1.88. The Bertz CT molecular complexity index is 521. The van der Waals surface area contributed by atoms with Crippen molar-refractivity contribution in [2.24, 2.45) is 0 Å². The first-order valence-electron chi connectivity index (χ1n) is 6.74. The van der Waals surface area contributed by atoms with E-state index in [2.05, 4.69) is 24.3 Å². The van der Waals surface area contributed by atoms with Gasteiger partial charge in [-0.1, -0.05) is 66.8 Å². The van der Waals surface area contributed by atoms with E-state index in [9.17, 15) is 0 Å². The fourth-order valence-electron chi connectivity index (χ4n) is 1.66. The van der Waals surface area contributed by atoms with E-state index in [1.165, 1.54) is 11.1 Å². The lowest BCUT2D eigenvalue weighted by molar-refractivity contribution is 0.415. The fourth-order valence-corrected chi connectivity index (χ4v) is 1.66. The molecule has 0 radical (unpaired) electrons. The maximum absolute atomic E-state index is 5.02. The Hall–Kier alpha value is -2.28. The lowest BCUT2D eigenvalue weighted by atomic mass is 10.2. The van der Waals surface area contributed by atoms with Crippen LogP contribution in [0.5, 0.6) is 5.75 Å². The van der Waals surface area contributed by atoms with E-state index in [-0.39, 0.29) is 0 Å². The average molecular weight is 266 g/mol. The van der Waals surface area contributed by atoms with Crippen LogP contribution >= 0.6 is 0 Å². The van der Waals surface area contributed by atoms with Gasteiger partial charge in [0, 0.05) is 0 Å². The summed E-state index contributed by atoms with van der Waals surface area (Å²) in [5.41, 5.74) is 2.47. The van der Waals surface area contributed by atoms with Gasteiger partial charge in [-0.3, -0.25) is 0 Å². The van der Waals surface area contributed by atoms with Gasteiger partial charge >= 0.3 is 0 Å². The van der Waals surface area contributed by atoms with Crippen LogP contribution in [-0.4, -0.2) is 7.11 Å². The Kier molecular flexibility index (Phi) is 7.59. The van der Waals surface area contributed by atoms with Gasteiger partial charge in [-0.05, 0) is 37.1 Å². The summed E-state index contributed by atoms with van der Waals surface area (Å²) in [5, 5.41) is 0. The predicted molar refractivity (Wildman–Crippen MR) is 88.9 cm³/mol. The molecule has 104 valence electrons. The summed E-state index contributed by atoms with van der Waals surface area (Å²) in [5.74, 6) is 0.901. The highest BCUT2D eigenvalue weighted by atomic mass is 16.5. The zero-order valence-electron chi connectivity index (χ0n) is 12.4. The second kappa shape index (κ2) is 9.62. The van der Waals surface area contributed by atoms with Gasteiger partial charge in [0.15, 0.2) is 0 Å². The zero-order valence-corrected chi connectivity index (χ0v) is 12.4. The maximum atomic E-state index is 5.02. The normalized spacial score (nSPS) is 10.3. The molecule has 2 rings (SSSR count). The number of methoxy groups -OCH3 is 1. The first-order valence-corrected chi connectivity index (χ1v) is 6.74. The summed E-state index contributed by atoms with van der Waals surface area (Å²) in [6, 6.07) is 18.2. The van der Waals surface area contributed by atoms with E-state index in [0.29, 0.717) is 0 Å². The Morgan fingerprint density at radius 1 is 0.700 bits per heavy atom. The van der Waals surface area contributed by atoms with Crippen molar-refractivity contribution in [2.75, 3.05) is 7.11 Å². The molecule has 1 heteroatoms. The number of ether oxygens (including phenoxy) is 1. The Labute approximate surface area is 122 Å². The molecule has 0 atom stereocenters. The minimum Gasteiger partial charge on any atom is -0.497 e. The number of rotatable bonds is 3. The van der Waals surface area contributed by atoms with Gasteiger partial charge in [0.1, 0.15) is 5.75 Å². The third-order valence-corrected chi connectivity index (χ3v) is 2.63. The van der Waals surface area contributed by atoms with Crippen LogP contribution in [0.4, 0.5) is 0 Å². The van der Waals surface area contributed by atoms with Gasteiger partial charge in [-0.2, -0.15) is 0 Å². The van der Waals surface area contributed by atoms with Crippen LogP contribution in [0.25, 0.3) is 12.2 Å². The lowest BCUT2D eigenvalue weighted by Gasteiger charge is -1.98. The zero-order chi connectivity index (χ0) is 14.6. The molecule has 20 heavy (non-hydrogen) atoms. The molecule has 2 aromatic rings. The SMILES string of the molecule is C/C=C/c1ccc(OC)cc1.C/C=C/c1ccccc1. The van der Waals surface area contributed by atoms with E-state index in [0.717, 1.165) is 5.75 Å². The van der Waals surface area contributed by atoms with Gasteiger partial charge in [0.05, 0.1) is 7.11 Å². The van der Waals surface area contributed by atoms with Gasteiger partial charge in [0.25, 0.3) is 0 Å². The first kappa shape index (κ1) is 15.8. The Balaban J connectivity index is 0.000000204. The quantitative estimate of drug-likeness (QED) is 0.718. The Morgan fingerprint density at radius 2 is 1.20 bits per heavy atom. The molecule has 2 aromatic carbocycles. The fraction of sp³-hybridized carbons (Fsp3) is 0.158. The van der Waals surface area contributed by atoms with Crippen molar-refractivity contribution >= 4 is 12.2 Å². The number of benzene rings is 2. The molecular formula is C19H22O. The standard InChI is InChI=1S/C10H12O.C9H10/c1-3-4-9-5-7-10(11-2)8-6-9;1-2-6-9-7-4-3-5-8-9/h3-8H,1-2H3;2-8H,1H3/b4-3+;6-2+. The topological polar surface area (TPSA) is 9.23 Å². The predicted octanol–water partition coefficient (Wildman–Crippen LogP) is 5.45. The molecule has 0 saturated carbocycles. The van der Waals surface area contributed by atoms with Crippen molar-refractivity contribution in [3.63, 3.8) is 0 Å². The van der Waals surface area contributed by atoms with E-state index >= 15 is 0 Å². The van der Waals surface area contributed by atoms with Crippen LogP contribution in [0.15, 0.2) is 66.7 Å². The summed E-state index contributed by atoms with van der Waals surface area (Å²) < 4.78 is 5.02. The molecule has 0 aliphatic heterocycles. The number of hydrogen-bond donors (Lipinski definition) is 0. The number of allylic oxidation sites excluding steroid dienone is 2. The van der Waals surface area contributed by atoms with Gasteiger partial charge in [-0.25, -0.2) is 0 Å². The molecule has 0 N–H and O–H groups in total. The molecule has 0 fully saturated rings. The molecule has 0 aliphatic rings. The van der Waals surface area contributed by atoms with Crippen molar-refractivity contribution in [1.29, 1.82) is 0 Å². The molecule has 0 heterocycles. The summed E-state index contributed by atoms with van der Waals surface area (Å²) in [6.45, 7) is 4.03. The van der Waals surface area contributed by atoms with Crippen LogP contribution in [0.2, 0.25) is 0 Å². The molecule has 1 nitrogen and oxygen atoms in total. The van der Waals surface area contributed by atoms with Crippen molar-refractivity contribution in [1.82, 2.24) is 0 Å². The first-order chi connectivity index (χ1) is 9.80. The Morgan fingerprint density at radius 3 is 1.65 bits per heavy atom. The molecule has 0 bridgehead atoms.